The quantitative estimate of drug-likeness (QED) is 0.279. The zero-order chi connectivity index (χ0) is 35.9. The Morgan fingerprint density at radius 2 is 1.86 bits per heavy atom. The van der Waals surface area contributed by atoms with Gasteiger partial charge in [-0.2, -0.15) is 0 Å². The number of benzene rings is 1. The van der Waals surface area contributed by atoms with Crippen molar-refractivity contribution in [2.75, 3.05) is 13.7 Å². The molecule has 1 aromatic carbocycles. The van der Waals surface area contributed by atoms with Crippen LogP contribution in [0.15, 0.2) is 43.1 Å². The summed E-state index contributed by atoms with van der Waals surface area (Å²) in [4.78, 5) is 60.3. The van der Waals surface area contributed by atoms with Crippen molar-refractivity contribution in [3.8, 4) is 11.6 Å². The maximum absolute atomic E-state index is 14.3. The molecule has 3 fully saturated rings. The fourth-order valence-electron chi connectivity index (χ4n) is 6.08. The number of hydrogen-bond donors (Lipinski definition) is 3. The van der Waals surface area contributed by atoms with Gasteiger partial charge < -0.3 is 29.7 Å². The summed E-state index contributed by atoms with van der Waals surface area (Å²) in [6.45, 7) is 12.4. The third kappa shape index (κ3) is 7.76. The summed E-state index contributed by atoms with van der Waals surface area (Å²) >= 11 is 0. The van der Waals surface area contributed by atoms with Crippen molar-refractivity contribution in [2.24, 2.45) is 11.3 Å². The van der Waals surface area contributed by atoms with Gasteiger partial charge in [-0.15, -0.1) is 6.58 Å². The molecule has 2 saturated carbocycles. The highest BCUT2D eigenvalue weighted by Crippen LogP contribution is 2.45. The number of likely N-dealkylation sites (tertiary alicyclic amines) is 1. The second kappa shape index (κ2) is 13.5. The molecule has 4 amide bonds. The van der Waals surface area contributed by atoms with Crippen molar-refractivity contribution in [3.63, 3.8) is 0 Å². The van der Waals surface area contributed by atoms with Gasteiger partial charge in [0.2, 0.25) is 27.7 Å². The number of nitrogens with one attached hydrogen (secondary N) is 3. The lowest BCUT2D eigenvalue weighted by Crippen LogP contribution is -2.60. The Hall–Kier alpha value is -4.40. The Morgan fingerprint density at radius 3 is 2.45 bits per heavy atom. The summed E-state index contributed by atoms with van der Waals surface area (Å²) in [5.41, 5.74) is -2.35. The van der Waals surface area contributed by atoms with Crippen LogP contribution in [-0.2, 0) is 29.1 Å². The minimum absolute atomic E-state index is 0.0237. The lowest BCUT2D eigenvalue weighted by molar-refractivity contribution is -0.142. The minimum Gasteiger partial charge on any atom is -0.497 e. The van der Waals surface area contributed by atoms with Gasteiger partial charge >= 0.3 is 6.09 Å². The van der Waals surface area contributed by atoms with E-state index in [4.69, 9.17) is 14.2 Å². The summed E-state index contributed by atoms with van der Waals surface area (Å²) < 4.78 is 44.3. The molecule has 15 heteroatoms. The maximum Gasteiger partial charge on any atom is 0.408 e. The number of sulfonamides is 1. The summed E-state index contributed by atoms with van der Waals surface area (Å²) in [6, 6.07) is 4.97. The Kier molecular flexibility index (Phi) is 9.88. The Balaban J connectivity index is 1.44. The molecule has 3 N–H and O–H groups in total. The first kappa shape index (κ1) is 35.9. The standard InChI is InChI=1S/C34H45N5O9S/c1-8-21-17-34(21,31(42)38-49(44,45)24-10-11-24)37-28(40)26-16-23(48-29-25-12-9-22(46-7)15-20(25)13-14-35-29)18-39(26)30(41)27(33(4,5)6)36-32(43)47-19(2)3/h8-9,12-15,19,21,23-24,26-27H,1,10-11,16-18H2,2-7H3,(H,36,43)(H,37,40)(H,38,42)/t21-,23-,26+,27-,34-/m1/s1. The molecular formula is C34H45N5O9S. The number of methoxy groups -OCH3 is 1. The lowest BCUT2D eigenvalue weighted by atomic mass is 9.85. The first-order valence-corrected chi connectivity index (χ1v) is 17.9. The van der Waals surface area contributed by atoms with Crippen LogP contribution in [0.3, 0.4) is 0 Å². The molecule has 14 nitrogen and oxygen atoms in total. The van der Waals surface area contributed by atoms with Gasteiger partial charge in [0.05, 0.1) is 25.0 Å². The maximum atomic E-state index is 14.3. The molecule has 5 rings (SSSR count). The first-order valence-electron chi connectivity index (χ1n) is 16.4. The van der Waals surface area contributed by atoms with Crippen molar-refractivity contribution < 1.29 is 41.8 Å². The second-order valence-electron chi connectivity index (χ2n) is 14.3. The molecule has 0 spiro atoms. The number of fused-ring (bicyclic) bond motifs is 1. The van der Waals surface area contributed by atoms with Gasteiger partial charge in [0.25, 0.3) is 5.91 Å². The van der Waals surface area contributed by atoms with E-state index in [0.29, 0.717) is 29.9 Å². The summed E-state index contributed by atoms with van der Waals surface area (Å²) in [7, 11) is -2.32. The highest BCUT2D eigenvalue weighted by Gasteiger charge is 2.62. The zero-order valence-electron chi connectivity index (χ0n) is 28.6. The lowest BCUT2D eigenvalue weighted by Gasteiger charge is -2.35. The minimum atomic E-state index is -3.89. The summed E-state index contributed by atoms with van der Waals surface area (Å²) in [5.74, 6) is -1.65. The number of carbonyl (C=O) groups excluding carboxylic acids is 4. The second-order valence-corrected chi connectivity index (χ2v) is 16.2. The van der Waals surface area contributed by atoms with Crippen molar-refractivity contribution in [1.82, 2.24) is 25.2 Å². The van der Waals surface area contributed by atoms with Gasteiger partial charge in [-0.05, 0) is 68.2 Å². The average molecular weight is 700 g/mol. The molecule has 5 atom stereocenters. The smallest absolute Gasteiger partial charge is 0.408 e. The fraction of sp³-hybridized carbons (Fsp3) is 0.559. The summed E-state index contributed by atoms with van der Waals surface area (Å²) in [5, 5.41) is 6.30. The van der Waals surface area contributed by atoms with E-state index in [2.05, 4.69) is 26.9 Å². The van der Waals surface area contributed by atoms with Crippen molar-refractivity contribution in [3.05, 3.63) is 43.1 Å². The number of nitrogens with zero attached hydrogens (tertiary/aromatic N) is 2. The number of carbonyl (C=O) groups is 4. The fourth-order valence-corrected chi connectivity index (χ4v) is 7.45. The highest BCUT2D eigenvalue weighted by molar-refractivity contribution is 7.91. The number of aromatic nitrogens is 1. The van der Waals surface area contributed by atoms with Gasteiger partial charge in [-0.1, -0.05) is 26.8 Å². The molecule has 0 bridgehead atoms. The van der Waals surface area contributed by atoms with Gasteiger partial charge in [0.15, 0.2) is 0 Å². The largest absolute Gasteiger partial charge is 0.497 e. The number of rotatable bonds is 12. The SMILES string of the molecule is C=C[C@@H]1C[C@]1(NC(=O)[C@@H]1C[C@@H](Oc2nccc3cc(OC)ccc23)CN1C(=O)[C@@H](NC(=O)OC(C)C)C(C)(C)C)C(=O)NS(=O)(=O)C1CC1. The molecule has 3 aliphatic rings. The van der Waals surface area contributed by atoms with Crippen LogP contribution in [0.2, 0.25) is 0 Å². The molecule has 2 aliphatic carbocycles. The van der Waals surface area contributed by atoms with E-state index in [-0.39, 0.29) is 19.4 Å². The van der Waals surface area contributed by atoms with Crippen LogP contribution < -0.4 is 24.8 Å². The third-order valence-electron chi connectivity index (χ3n) is 9.03. The normalized spacial score (nSPS) is 24.1. The van der Waals surface area contributed by atoms with Crippen LogP contribution >= 0.6 is 0 Å². The molecule has 2 aromatic rings. The molecule has 1 aromatic heterocycles. The van der Waals surface area contributed by atoms with E-state index < -0.39 is 80.3 Å². The van der Waals surface area contributed by atoms with Crippen LogP contribution in [0.1, 0.15) is 60.3 Å². The van der Waals surface area contributed by atoms with E-state index in [1.54, 1.807) is 66.1 Å². The molecule has 0 radical (unpaired) electrons. The van der Waals surface area contributed by atoms with Crippen LogP contribution in [0, 0.1) is 11.3 Å². The van der Waals surface area contributed by atoms with E-state index in [9.17, 15) is 27.6 Å². The van der Waals surface area contributed by atoms with Crippen molar-refractivity contribution >= 4 is 44.6 Å². The monoisotopic (exact) mass is 699 g/mol. The van der Waals surface area contributed by atoms with Crippen LogP contribution in [0.5, 0.6) is 11.6 Å². The number of amides is 4. The molecule has 1 saturated heterocycles. The van der Waals surface area contributed by atoms with E-state index >= 15 is 0 Å². The van der Waals surface area contributed by atoms with E-state index in [1.807, 2.05) is 6.07 Å². The van der Waals surface area contributed by atoms with Crippen LogP contribution in [0.4, 0.5) is 4.79 Å². The number of alkyl carbamates (subject to hydrolysis) is 1. The predicted molar refractivity (Wildman–Crippen MR) is 180 cm³/mol. The topological polar surface area (TPSA) is 182 Å². The molecule has 266 valence electrons. The van der Waals surface area contributed by atoms with Crippen LogP contribution in [0.25, 0.3) is 10.8 Å². The number of ether oxygens (including phenoxy) is 3. The van der Waals surface area contributed by atoms with E-state index in [1.165, 1.54) is 11.0 Å². The first-order chi connectivity index (χ1) is 23.0. The van der Waals surface area contributed by atoms with E-state index in [0.717, 1.165) is 5.39 Å². The molecule has 1 aliphatic heterocycles. The van der Waals surface area contributed by atoms with Gasteiger partial charge in [-0.3, -0.25) is 19.1 Å². The Morgan fingerprint density at radius 1 is 1.14 bits per heavy atom. The molecule has 49 heavy (non-hydrogen) atoms. The Labute approximate surface area is 286 Å². The van der Waals surface area contributed by atoms with Crippen molar-refractivity contribution in [2.45, 2.75) is 95.4 Å². The van der Waals surface area contributed by atoms with Crippen molar-refractivity contribution in [1.29, 1.82) is 0 Å². The number of hydrogen-bond acceptors (Lipinski definition) is 10. The third-order valence-corrected chi connectivity index (χ3v) is 10.8. The summed E-state index contributed by atoms with van der Waals surface area (Å²) in [6.07, 6.45) is 2.23. The predicted octanol–water partition coefficient (Wildman–Crippen LogP) is 2.81. The number of pyridine rings is 1. The molecule has 0 unspecified atom stereocenters. The van der Waals surface area contributed by atoms with Gasteiger partial charge in [0, 0.05) is 23.9 Å². The highest BCUT2D eigenvalue weighted by atomic mass is 32.2. The average Bonchev–Trinajstić information content (AvgIpc) is 3.95. The molecule has 2 heterocycles. The van der Waals surface area contributed by atoms with Gasteiger partial charge in [0.1, 0.15) is 29.5 Å². The molecular weight excluding hydrogens is 654 g/mol. The van der Waals surface area contributed by atoms with Crippen LogP contribution in [-0.4, -0.2) is 90.9 Å². The zero-order valence-corrected chi connectivity index (χ0v) is 29.5. The Bertz CT molecular complexity index is 1750. The van der Waals surface area contributed by atoms with Gasteiger partial charge in [-0.25, -0.2) is 18.2 Å².